The number of nitrogens with zero attached hydrogens (tertiary/aromatic N) is 1. The lowest BCUT2D eigenvalue weighted by Gasteiger charge is -2.30. The molecule has 1 fully saturated rings. The predicted molar refractivity (Wildman–Crippen MR) is 93.5 cm³/mol. The third kappa shape index (κ3) is 4.02. The fourth-order valence-corrected chi connectivity index (χ4v) is 2.86. The van der Waals surface area contributed by atoms with Crippen LogP contribution < -0.4 is 10.2 Å². The smallest absolute Gasteiger partial charge is 0.248 e. The highest BCUT2D eigenvalue weighted by atomic mass is 32.2. The largest absolute Gasteiger partial charge is 0.322 e. The van der Waals surface area contributed by atoms with Gasteiger partial charge in [0.05, 0.1) is 0 Å². The van der Waals surface area contributed by atoms with E-state index in [1.807, 2.05) is 54.6 Å². The molecular formula is C18H16N2O2S. The van der Waals surface area contributed by atoms with Crippen molar-refractivity contribution in [2.75, 3.05) is 16.8 Å². The number of carbonyl (C=O) groups excluding carboxylic acids is 2. The number of rotatable bonds is 5. The summed E-state index contributed by atoms with van der Waals surface area (Å²) in [6.07, 6.45) is 2.09. The maximum absolute atomic E-state index is 11.9. The quantitative estimate of drug-likeness (QED) is 0.519. The lowest BCUT2D eigenvalue weighted by molar-refractivity contribution is -0.122. The van der Waals surface area contributed by atoms with Gasteiger partial charge < -0.3 is 10.2 Å². The molecule has 1 saturated heterocycles. The van der Waals surface area contributed by atoms with Gasteiger partial charge in [0.1, 0.15) is 0 Å². The fourth-order valence-electron chi connectivity index (χ4n) is 2.20. The van der Waals surface area contributed by atoms with E-state index in [0.717, 1.165) is 17.1 Å². The number of anilines is 2. The van der Waals surface area contributed by atoms with E-state index in [2.05, 4.69) is 5.32 Å². The van der Waals surface area contributed by atoms with Crippen LogP contribution in [0.4, 0.5) is 11.4 Å². The zero-order chi connectivity index (χ0) is 16.1. The summed E-state index contributed by atoms with van der Waals surface area (Å²) in [4.78, 5) is 26.2. The van der Waals surface area contributed by atoms with Crippen LogP contribution in [0.5, 0.6) is 0 Å². The molecule has 0 atom stereocenters. The second-order valence-electron chi connectivity index (χ2n) is 5.07. The van der Waals surface area contributed by atoms with Gasteiger partial charge in [0.15, 0.2) is 0 Å². The van der Waals surface area contributed by atoms with Crippen molar-refractivity contribution in [2.24, 2.45) is 0 Å². The molecule has 1 heterocycles. The van der Waals surface area contributed by atoms with Gasteiger partial charge in [-0.2, -0.15) is 0 Å². The molecule has 2 amide bonds. The molecular weight excluding hydrogens is 308 g/mol. The molecule has 0 aliphatic carbocycles. The average Bonchev–Trinajstić information content (AvgIpc) is 2.55. The third-order valence-electron chi connectivity index (χ3n) is 3.44. The van der Waals surface area contributed by atoms with Crippen molar-refractivity contribution in [1.29, 1.82) is 0 Å². The second-order valence-corrected chi connectivity index (χ2v) is 6.05. The highest BCUT2D eigenvalue weighted by molar-refractivity contribution is 8.02. The van der Waals surface area contributed by atoms with E-state index in [1.54, 1.807) is 10.3 Å². The van der Waals surface area contributed by atoms with Crippen molar-refractivity contribution in [2.45, 2.75) is 11.3 Å². The Morgan fingerprint density at radius 2 is 1.96 bits per heavy atom. The third-order valence-corrected chi connectivity index (χ3v) is 4.26. The van der Waals surface area contributed by atoms with Crippen LogP contribution in [0.25, 0.3) is 0 Å². The van der Waals surface area contributed by atoms with Crippen molar-refractivity contribution in [3.63, 3.8) is 0 Å². The van der Waals surface area contributed by atoms with Crippen LogP contribution in [0.3, 0.4) is 0 Å². The summed E-state index contributed by atoms with van der Waals surface area (Å²) in [5.41, 5.74) is 1.50. The molecule has 1 N–H and O–H groups in total. The minimum absolute atomic E-state index is 0.118. The summed E-state index contributed by atoms with van der Waals surface area (Å²) >= 11 is 1.49. The first-order chi connectivity index (χ1) is 11.2. The van der Waals surface area contributed by atoms with Gasteiger partial charge in [0.25, 0.3) is 0 Å². The molecule has 2 aromatic rings. The number of thioether (sulfide) groups is 1. The summed E-state index contributed by atoms with van der Waals surface area (Å²) in [7, 11) is 0. The van der Waals surface area contributed by atoms with E-state index in [9.17, 15) is 9.59 Å². The fraction of sp³-hybridized carbons (Fsp3) is 0.111. The number of hydrogen-bond acceptors (Lipinski definition) is 3. The first kappa shape index (κ1) is 15.4. The van der Waals surface area contributed by atoms with Crippen LogP contribution in [0.1, 0.15) is 6.42 Å². The van der Waals surface area contributed by atoms with E-state index in [0.29, 0.717) is 12.1 Å². The minimum Gasteiger partial charge on any atom is -0.322 e. The van der Waals surface area contributed by atoms with Crippen LogP contribution in [-0.4, -0.2) is 18.4 Å². The number of hydrogen-bond donors (Lipinski definition) is 1. The first-order valence-electron chi connectivity index (χ1n) is 7.32. The standard InChI is InChI=1S/C18H16N2O2S/c21-17(10-12-23-16-7-2-1-3-8-16)19-14-5-4-6-15(13-14)20-11-9-18(20)22/h1-8,10,12-13H,9,11H2,(H,19,21)/b12-10+. The minimum atomic E-state index is -0.194. The predicted octanol–water partition coefficient (Wildman–Crippen LogP) is 3.67. The van der Waals surface area contributed by atoms with Gasteiger partial charge in [-0.25, -0.2) is 0 Å². The van der Waals surface area contributed by atoms with Gasteiger partial charge in [-0.3, -0.25) is 9.59 Å². The highest BCUT2D eigenvalue weighted by Crippen LogP contribution is 2.24. The number of amides is 2. The zero-order valence-electron chi connectivity index (χ0n) is 12.4. The summed E-state index contributed by atoms with van der Waals surface area (Å²) in [6.45, 7) is 0.740. The Morgan fingerprint density at radius 3 is 2.65 bits per heavy atom. The van der Waals surface area contributed by atoms with Crippen LogP contribution in [0.2, 0.25) is 0 Å². The van der Waals surface area contributed by atoms with Crippen molar-refractivity contribution in [1.82, 2.24) is 0 Å². The topological polar surface area (TPSA) is 49.4 Å². The maximum Gasteiger partial charge on any atom is 0.248 e. The molecule has 0 unspecified atom stereocenters. The first-order valence-corrected chi connectivity index (χ1v) is 8.20. The molecule has 0 bridgehead atoms. The summed E-state index contributed by atoms with van der Waals surface area (Å²) in [6, 6.07) is 17.2. The summed E-state index contributed by atoms with van der Waals surface area (Å²) in [5.74, 6) is -0.0758. The Bertz CT molecular complexity index is 744. The molecule has 4 nitrogen and oxygen atoms in total. The molecule has 0 radical (unpaired) electrons. The molecule has 1 aliphatic heterocycles. The Labute approximate surface area is 139 Å². The molecule has 0 saturated carbocycles. The van der Waals surface area contributed by atoms with Crippen LogP contribution in [-0.2, 0) is 9.59 Å². The number of benzene rings is 2. The van der Waals surface area contributed by atoms with E-state index in [4.69, 9.17) is 0 Å². The normalized spacial score (nSPS) is 13.9. The molecule has 2 aromatic carbocycles. The van der Waals surface area contributed by atoms with Crippen molar-refractivity contribution in [3.8, 4) is 0 Å². The summed E-state index contributed by atoms with van der Waals surface area (Å²) < 4.78 is 0. The van der Waals surface area contributed by atoms with Gasteiger partial charge in [-0.15, -0.1) is 0 Å². The van der Waals surface area contributed by atoms with Crippen molar-refractivity contribution < 1.29 is 9.59 Å². The van der Waals surface area contributed by atoms with Gasteiger partial charge in [0.2, 0.25) is 11.8 Å². The van der Waals surface area contributed by atoms with Gasteiger partial charge in [-0.05, 0) is 35.7 Å². The van der Waals surface area contributed by atoms with Gasteiger partial charge in [0, 0.05) is 35.3 Å². The Morgan fingerprint density at radius 1 is 1.13 bits per heavy atom. The number of β-lactam (4-membered cyclic amide) rings is 1. The lowest BCUT2D eigenvalue weighted by atomic mass is 10.1. The SMILES string of the molecule is O=C(/C=C/Sc1ccccc1)Nc1cccc(N2CCC2=O)c1. The Balaban J connectivity index is 1.57. The van der Waals surface area contributed by atoms with Gasteiger partial charge in [-0.1, -0.05) is 36.0 Å². The van der Waals surface area contributed by atoms with Crippen LogP contribution in [0.15, 0.2) is 71.0 Å². The molecule has 23 heavy (non-hydrogen) atoms. The van der Waals surface area contributed by atoms with E-state index in [-0.39, 0.29) is 11.8 Å². The monoisotopic (exact) mass is 324 g/mol. The van der Waals surface area contributed by atoms with Crippen LogP contribution in [0, 0.1) is 0 Å². The van der Waals surface area contributed by atoms with Gasteiger partial charge >= 0.3 is 0 Å². The Hall–Kier alpha value is -2.53. The van der Waals surface area contributed by atoms with E-state index < -0.39 is 0 Å². The zero-order valence-corrected chi connectivity index (χ0v) is 13.3. The number of carbonyl (C=O) groups is 2. The molecule has 5 heteroatoms. The molecule has 116 valence electrons. The highest BCUT2D eigenvalue weighted by Gasteiger charge is 2.25. The molecule has 1 aliphatic rings. The van der Waals surface area contributed by atoms with Crippen molar-refractivity contribution >= 4 is 35.0 Å². The lowest BCUT2D eigenvalue weighted by Crippen LogP contribution is -2.43. The Kier molecular flexibility index (Phi) is 4.78. The number of nitrogens with one attached hydrogen (secondary N) is 1. The van der Waals surface area contributed by atoms with Crippen LogP contribution >= 0.6 is 11.8 Å². The van der Waals surface area contributed by atoms with Crippen molar-refractivity contribution in [3.05, 3.63) is 66.1 Å². The molecule has 0 aromatic heterocycles. The average molecular weight is 324 g/mol. The second kappa shape index (κ2) is 7.15. The summed E-state index contributed by atoms with van der Waals surface area (Å²) in [5, 5.41) is 4.57. The van der Waals surface area contributed by atoms with E-state index in [1.165, 1.54) is 17.8 Å². The molecule has 0 spiro atoms. The maximum atomic E-state index is 11.9. The molecule has 3 rings (SSSR count). The van der Waals surface area contributed by atoms with E-state index >= 15 is 0 Å².